The first-order valence-corrected chi connectivity index (χ1v) is 11.5. The fourth-order valence-electron chi connectivity index (χ4n) is 2.00. The summed E-state index contributed by atoms with van der Waals surface area (Å²) in [5.74, 6) is -1.92. The molecule has 0 aliphatic heterocycles. The van der Waals surface area contributed by atoms with Crippen LogP contribution in [0.4, 0.5) is 4.39 Å². The van der Waals surface area contributed by atoms with Crippen molar-refractivity contribution in [3.63, 3.8) is 0 Å². The lowest BCUT2D eigenvalue weighted by atomic mass is 10.1. The Hall–Kier alpha value is -1.77. The number of aromatic carboxylic acids is 1. The first-order chi connectivity index (χ1) is 11.2. The minimum Gasteiger partial charge on any atom is -0.476 e. The number of halogens is 2. The van der Waals surface area contributed by atoms with Crippen LogP contribution in [0.15, 0.2) is 18.5 Å². The van der Waals surface area contributed by atoms with E-state index in [1.54, 1.807) is 0 Å². The molecule has 0 unspecified atom stereocenters. The minimum absolute atomic E-state index is 0.0424. The smallest absolute Gasteiger partial charge is 0.357 e. The second kappa shape index (κ2) is 7.41. The highest BCUT2D eigenvalue weighted by molar-refractivity contribution is 6.76. The van der Waals surface area contributed by atoms with Gasteiger partial charge in [0.1, 0.15) is 17.7 Å². The summed E-state index contributed by atoms with van der Waals surface area (Å²) >= 11 is 5.78. The van der Waals surface area contributed by atoms with E-state index >= 15 is 0 Å². The molecule has 0 spiro atoms. The van der Waals surface area contributed by atoms with Crippen molar-refractivity contribution in [2.45, 2.75) is 32.4 Å². The maximum Gasteiger partial charge on any atom is 0.357 e. The summed E-state index contributed by atoms with van der Waals surface area (Å²) in [7, 11) is -1.21. The fraction of sp³-hybridized carbons (Fsp3) is 0.400. The molecular formula is C15H19ClFN3O3Si. The van der Waals surface area contributed by atoms with Crippen LogP contribution in [0.1, 0.15) is 10.5 Å². The van der Waals surface area contributed by atoms with E-state index in [0.717, 1.165) is 12.2 Å². The monoisotopic (exact) mass is 371 g/mol. The lowest BCUT2D eigenvalue weighted by Crippen LogP contribution is -2.22. The number of rotatable bonds is 7. The maximum absolute atomic E-state index is 14.0. The van der Waals surface area contributed by atoms with Gasteiger partial charge in [0, 0.05) is 32.0 Å². The molecule has 24 heavy (non-hydrogen) atoms. The van der Waals surface area contributed by atoms with E-state index in [0.29, 0.717) is 6.61 Å². The average molecular weight is 372 g/mol. The Morgan fingerprint density at radius 1 is 1.42 bits per heavy atom. The third kappa shape index (κ3) is 4.86. The van der Waals surface area contributed by atoms with Gasteiger partial charge in [0.25, 0.3) is 0 Å². The number of ether oxygens (including phenoxy) is 1. The largest absolute Gasteiger partial charge is 0.476 e. The summed E-state index contributed by atoms with van der Waals surface area (Å²) in [4.78, 5) is 15.0. The van der Waals surface area contributed by atoms with E-state index in [1.807, 2.05) is 0 Å². The van der Waals surface area contributed by atoms with Gasteiger partial charge < -0.3 is 9.84 Å². The zero-order valence-electron chi connectivity index (χ0n) is 13.7. The van der Waals surface area contributed by atoms with E-state index in [9.17, 15) is 14.3 Å². The third-order valence-electron chi connectivity index (χ3n) is 3.30. The van der Waals surface area contributed by atoms with Crippen molar-refractivity contribution in [3.8, 4) is 11.1 Å². The number of carboxylic acids is 1. The Morgan fingerprint density at radius 2 is 2.12 bits per heavy atom. The number of hydrogen-bond acceptors (Lipinski definition) is 4. The summed E-state index contributed by atoms with van der Waals surface area (Å²) < 4.78 is 20.9. The highest BCUT2D eigenvalue weighted by atomic mass is 35.5. The predicted molar refractivity (Wildman–Crippen MR) is 91.5 cm³/mol. The number of carboxylic acid groups (broad SMARTS) is 1. The summed E-state index contributed by atoms with van der Waals surface area (Å²) in [6, 6.07) is 2.26. The van der Waals surface area contributed by atoms with Crippen molar-refractivity contribution in [2.75, 3.05) is 6.61 Å². The van der Waals surface area contributed by atoms with Crippen molar-refractivity contribution in [3.05, 3.63) is 35.1 Å². The van der Waals surface area contributed by atoms with E-state index in [1.165, 1.54) is 16.9 Å². The van der Waals surface area contributed by atoms with Gasteiger partial charge in [0.05, 0.1) is 6.20 Å². The molecule has 2 heterocycles. The van der Waals surface area contributed by atoms with Gasteiger partial charge in [-0.25, -0.2) is 18.9 Å². The van der Waals surface area contributed by atoms with Crippen LogP contribution >= 0.6 is 11.6 Å². The molecule has 0 aliphatic carbocycles. The van der Waals surface area contributed by atoms with Gasteiger partial charge in [-0.1, -0.05) is 31.2 Å². The van der Waals surface area contributed by atoms with Crippen LogP contribution in [-0.4, -0.2) is 40.5 Å². The SMILES string of the molecule is C[Si](C)(C)CCOCn1cc(-c2cc(Cl)ncc2F)c(C(=O)O)n1. The van der Waals surface area contributed by atoms with Crippen molar-refractivity contribution in [2.24, 2.45) is 0 Å². The topological polar surface area (TPSA) is 77.2 Å². The van der Waals surface area contributed by atoms with Crippen LogP contribution in [0.2, 0.25) is 30.8 Å². The van der Waals surface area contributed by atoms with Gasteiger partial charge in [-0.15, -0.1) is 0 Å². The molecule has 2 aromatic heterocycles. The number of hydrogen-bond donors (Lipinski definition) is 1. The third-order valence-corrected chi connectivity index (χ3v) is 5.21. The van der Waals surface area contributed by atoms with Gasteiger partial charge >= 0.3 is 5.97 Å². The molecule has 0 atom stereocenters. The summed E-state index contributed by atoms with van der Waals surface area (Å²) in [5.41, 5.74) is -0.0798. The van der Waals surface area contributed by atoms with Crippen molar-refractivity contribution < 1.29 is 19.0 Å². The van der Waals surface area contributed by atoms with Gasteiger partial charge in [-0.3, -0.25) is 0 Å². The highest BCUT2D eigenvalue weighted by Crippen LogP contribution is 2.27. The summed E-state index contributed by atoms with van der Waals surface area (Å²) in [5, 5.41) is 13.3. The Balaban J connectivity index is 2.21. The molecule has 0 amide bonds. The number of aromatic nitrogens is 3. The van der Waals surface area contributed by atoms with Crippen LogP contribution in [-0.2, 0) is 11.5 Å². The lowest BCUT2D eigenvalue weighted by molar-refractivity contribution is 0.0672. The van der Waals surface area contributed by atoms with Gasteiger partial charge in [0.15, 0.2) is 5.69 Å². The Bertz CT molecular complexity index is 746. The molecule has 6 nitrogen and oxygen atoms in total. The quantitative estimate of drug-likeness (QED) is 0.455. The van der Waals surface area contributed by atoms with E-state index in [-0.39, 0.29) is 28.7 Å². The second-order valence-corrected chi connectivity index (χ2v) is 12.6. The molecule has 0 aliphatic rings. The van der Waals surface area contributed by atoms with Crippen LogP contribution < -0.4 is 0 Å². The van der Waals surface area contributed by atoms with E-state index < -0.39 is 19.9 Å². The van der Waals surface area contributed by atoms with Gasteiger partial charge in [0.2, 0.25) is 0 Å². The number of nitrogens with zero attached hydrogens (tertiary/aromatic N) is 3. The van der Waals surface area contributed by atoms with E-state index in [2.05, 4.69) is 29.7 Å². The molecule has 2 rings (SSSR count). The zero-order valence-corrected chi connectivity index (χ0v) is 15.5. The van der Waals surface area contributed by atoms with Crippen LogP contribution in [0.25, 0.3) is 11.1 Å². The molecule has 130 valence electrons. The molecule has 1 N–H and O–H groups in total. The van der Waals surface area contributed by atoms with Crippen LogP contribution in [0, 0.1) is 5.82 Å². The average Bonchev–Trinajstić information content (AvgIpc) is 2.89. The summed E-state index contributed by atoms with van der Waals surface area (Å²) in [6.45, 7) is 7.39. The number of carbonyl (C=O) groups is 1. The molecule has 0 aromatic carbocycles. The first kappa shape index (κ1) is 18.6. The Kier molecular flexibility index (Phi) is 5.73. The van der Waals surface area contributed by atoms with Crippen LogP contribution in [0.5, 0.6) is 0 Å². The second-order valence-electron chi connectivity index (χ2n) is 6.57. The summed E-state index contributed by atoms with van der Waals surface area (Å²) in [6.07, 6.45) is 2.39. The first-order valence-electron chi connectivity index (χ1n) is 7.37. The molecule has 2 aromatic rings. The molecule has 9 heteroatoms. The van der Waals surface area contributed by atoms with Crippen molar-refractivity contribution in [1.82, 2.24) is 14.8 Å². The Morgan fingerprint density at radius 3 is 2.75 bits per heavy atom. The minimum atomic E-state index is -1.25. The standard InChI is InChI=1S/C15H19ClFN3O3Si/c1-24(2,3)5-4-23-9-20-8-11(14(19-20)15(21)22)10-6-13(16)18-7-12(10)17/h6-8H,4-5,9H2,1-3H3,(H,21,22). The number of pyridine rings is 1. The van der Waals surface area contributed by atoms with Gasteiger partial charge in [-0.2, -0.15) is 5.10 Å². The maximum atomic E-state index is 14.0. The normalized spacial score (nSPS) is 11.7. The molecule has 0 saturated carbocycles. The molecule has 0 radical (unpaired) electrons. The van der Waals surface area contributed by atoms with Crippen molar-refractivity contribution in [1.29, 1.82) is 0 Å². The predicted octanol–water partition coefficient (Wildman–Crippen LogP) is 3.75. The van der Waals surface area contributed by atoms with Crippen LogP contribution in [0.3, 0.4) is 0 Å². The highest BCUT2D eigenvalue weighted by Gasteiger charge is 2.20. The van der Waals surface area contributed by atoms with Crippen molar-refractivity contribution >= 4 is 25.6 Å². The molecule has 0 fully saturated rings. The lowest BCUT2D eigenvalue weighted by Gasteiger charge is -2.15. The fourth-order valence-corrected chi connectivity index (χ4v) is 2.91. The van der Waals surface area contributed by atoms with E-state index in [4.69, 9.17) is 16.3 Å². The van der Waals surface area contributed by atoms with Gasteiger partial charge in [-0.05, 0) is 12.1 Å². The Labute approximate surface area is 145 Å². The molecule has 0 saturated heterocycles. The zero-order chi connectivity index (χ0) is 17.9. The molecule has 0 bridgehead atoms. The molecular weight excluding hydrogens is 353 g/mol.